The molecule has 0 radical (unpaired) electrons. The van der Waals surface area contributed by atoms with Crippen LogP contribution < -0.4 is 0 Å². The molecule has 0 aromatic heterocycles. The molecular formula is C16H19NO4. The van der Waals surface area contributed by atoms with Gasteiger partial charge in [-0.1, -0.05) is 24.3 Å². The van der Waals surface area contributed by atoms with Crippen molar-refractivity contribution in [2.45, 2.75) is 19.4 Å². The largest absolute Gasteiger partial charge is 0.481 e. The zero-order valence-corrected chi connectivity index (χ0v) is 12.0. The Morgan fingerprint density at radius 2 is 2.19 bits per heavy atom. The number of carbonyl (C=O) groups is 2. The first kappa shape index (κ1) is 15.3. The third-order valence-electron chi connectivity index (χ3n) is 3.45. The van der Waals surface area contributed by atoms with Gasteiger partial charge in [-0.3, -0.25) is 9.59 Å². The summed E-state index contributed by atoms with van der Waals surface area (Å²) in [6, 6.07) is 7.81. The maximum atomic E-state index is 12.2. The van der Waals surface area contributed by atoms with Crippen LogP contribution in [0.5, 0.6) is 0 Å². The van der Waals surface area contributed by atoms with Crippen molar-refractivity contribution < 1.29 is 19.4 Å². The molecule has 1 atom stereocenters. The highest BCUT2D eigenvalue weighted by atomic mass is 16.5. The molecule has 0 bridgehead atoms. The van der Waals surface area contributed by atoms with Gasteiger partial charge in [0, 0.05) is 19.2 Å². The smallest absolute Gasteiger partial charge is 0.306 e. The monoisotopic (exact) mass is 289 g/mol. The lowest BCUT2D eigenvalue weighted by Crippen LogP contribution is -2.45. The molecule has 1 heterocycles. The summed E-state index contributed by atoms with van der Waals surface area (Å²) in [5.41, 5.74) is 2.11. The van der Waals surface area contributed by atoms with E-state index in [1.165, 1.54) is 6.08 Å². The molecule has 0 spiro atoms. The predicted octanol–water partition coefficient (Wildman–Crippen LogP) is 1.71. The van der Waals surface area contributed by atoms with Gasteiger partial charge in [-0.15, -0.1) is 0 Å². The Morgan fingerprint density at radius 1 is 1.43 bits per heavy atom. The van der Waals surface area contributed by atoms with E-state index in [4.69, 9.17) is 9.84 Å². The van der Waals surface area contributed by atoms with Crippen molar-refractivity contribution in [2.75, 3.05) is 19.7 Å². The average molecular weight is 289 g/mol. The summed E-state index contributed by atoms with van der Waals surface area (Å²) in [5.74, 6) is -1.03. The first-order chi connectivity index (χ1) is 10.1. The fourth-order valence-corrected chi connectivity index (χ4v) is 2.28. The Morgan fingerprint density at radius 3 is 2.90 bits per heavy atom. The van der Waals surface area contributed by atoms with Crippen LogP contribution in [0.4, 0.5) is 0 Å². The number of nitrogens with zero attached hydrogens (tertiary/aromatic N) is 1. The van der Waals surface area contributed by atoms with Gasteiger partial charge in [0.05, 0.1) is 19.1 Å². The van der Waals surface area contributed by atoms with Gasteiger partial charge in [0.25, 0.3) is 0 Å². The lowest BCUT2D eigenvalue weighted by Gasteiger charge is -2.31. The minimum Gasteiger partial charge on any atom is -0.481 e. The Balaban J connectivity index is 1.96. The number of aliphatic carboxylic acids is 1. The lowest BCUT2D eigenvalue weighted by molar-refractivity contribution is -0.145. The Kier molecular flexibility index (Phi) is 5.11. The molecule has 1 aromatic rings. The van der Waals surface area contributed by atoms with Crippen molar-refractivity contribution in [3.05, 3.63) is 41.5 Å². The van der Waals surface area contributed by atoms with E-state index in [-0.39, 0.29) is 12.3 Å². The van der Waals surface area contributed by atoms with E-state index in [0.29, 0.717) is 19.7 Å². The van der Waals surface area contributed by atoms with Crippen LogP contribution in [0.1, 0.15) is 17.5 Å². The van der Waals surface area contributed by atoms with Crippen LogP contribution in [0.15, 0.2) is 30.3 Å². The van der Waals surface area contributed by atoms with Crippen LogP contribution in [-0.2, 0) is 14.3 Å². The first-order valence-electron chi connectivity index (χ1n) is 6.92. The molecule has 1 aliphatic heterocycles. The minimum atomic E-state index is -0.912. The quantitative estimate of drug-likeness (QED) is 0.857. The SMILES string of the molecule is Cc1ccccc1/C=C/C(=O)N1CCO[C@@H](CC(=O)O)C1. The topological polar surface area (TPSA) is 66.8 Å². The summed E-state index contributed by atoms with van der Waals surface area (Å²) < 4.78 is 5.35. The van der Waals surface area contributed by atoms with Gasteiger partial charge >= 0.3 is 5.97 Å². The number of hydrogen-bond acceptors (Lipinski definition) is 3. The number of hydrogen-bond donors (Lipinski definition) is 1. The van der Waals surface area contributed by atoms with Crippen LogP contribution >= 0.6 is 0 Å². The maximum absolute atomic E-state index is 12.2. The van der Waals surface area contributed by atoms with Crippen molar-refractivity contribution in [3.8, 4) is 0 Å². The summed E-state index contributed by atoms with van der Waals surface area (Å²) in [4.78, 5) is 24.5. The van der Waals surface area contributed by atoms with Gasteiger partial charge in [-0.25, -0.2) is 0 Å². The number of morpholine rings is 1. The molecular weight excluding hydrogens is 270 g/mol. The number of rotatable bonds is 4. The van der Waals surface area contributed by atoms with Gasteiger partial charge in [-0.2, -0.15) is 0 Å². The zero-order chi connectivity index (χ0) is 15.2. The molecule has 0 unspecified atom stereocenters. The highest BCUT2D eigenvalue weighted by Crippen LogP contribution is 2.12. The molecule has 1 fully saturated rings. The van der Waals surface area contributed by atoms with Gasteiger partial charge < -0.3 is 14.7 Å². The predicted molar refractivity (Wildman–Crippen MR) is 78.8 cm³/mol. The molecule has 2 rings (SSSR count). The van der Waals surface area contributed by atoms with E-state index in [9.17, 15) is 9.59 Å². The summed E-state index contributed by atoms with van der Waals surface area (Å²) in [7, 11) is 0. The van der Waals surface area contributed by atoms with Crippen LogP contribution in [0.2, 0.25) is 0 Å². The number of carbonyl (C=O) groups excluding carboxylic acids is 1. The van der Waals surface area contributed by atoms with E-state index in [1.807, 2.05) is 31.2 Å². The molecule has 5 nitrogen and oxygen atoms in total. The second kappa shape index (κ2) is 7.04. The molecule has 1 saturated heterocycles. The fraction of sp³-hybridized carbons (Fsp3) is 0.375. The Hall–Kier alpha value is -2.14. The second-order valence-corrected chi connectivity index (χ2v) is 5.06. The van der Waals surface area contributed by atoms with Crippen LogP contribution in [-0.4, -0.2) is 47.7 Å². The first-order valence-corrected chi connectivity index (χ1v) is 6.92. The second-order valence-electron chi connectivity index (χ2n) is 5.06. The molecule has 1 aromatic carbocycles. The summed E-state index contributed by atoms with van der Waals surface area (Å²) in [6.45, 7) is 3.18. The van der Waals surface area contributed by atoms with Gasteiger partial charge in [0.2, 0.25) is 5.91 Å². The normalized spacial score (nSPS) is 18.9. The van der Waals surface area contributed by atoms with Crippen LogP contribution in [0, 0.1) is 6.92 Å². The number of benzene rings is 1. The van der Waals surface area contributed by atoms with Crippen LogP contribution in [0.3, 0.4) is 0 Å². The van der Waals surface area contributed by atoms with Gasteiger partial charge in [0.1, 0.15) is 0 Å². The lowest BCUT2D eigenvalue weighted by atomic mass is 10.1. The number of aryl methyl sites for hydroxylation is 1. The number of amides is 1. The molecule has 0 aliphatic carbocycles. The van der Waals surface area contributed by atoms with E-state index >= 15 is 0 Å². The number of carboxylic acid groups (broad SMARTS) is 1. The van der Waals surface area contributed by atoms with Gasteiger partial charge in [0.15, 0.2) is 0 Å². The zero-order valence-electron chi connectivity index (χ0n) is 12.0. The molecule has 1 aliphatic rings. The molecule has 1 N–H and O–H groups in total. The van der Waals surface area contributed by atoms with Crippen molar-refractivity contribution >= 4 is 18.0 Å². The fourth-order valence-electron chi connectivity index (χ4n) is 2.28. The highest BCUT2D eigenvalue weighted by Gasteiger charge is 2.24. The third kappa shape index (κ3) is 4.43. The van der Waals surface area contributed by atoms with Crippen molar-refractivity contribution in [2.24, 2.45) is 0 Å². The van der Waals surface area contributed by atoms with Crippen molar-refractivity contribution in [1.29, 1.82) is 0 Å². The molecule has 112 valence electrons. The Bertz CT molecular complexity index is 553. The summed E-state index contributed by atoms with van der Waals surface area (Å²) in [5, 5.41) is 8.78. The van der Waals surface area contributed by atoms with E-state index in [0.717, 1.165) is 11.1 Å². The molecule has 21 heavy (non-hydrogen) atoms. The molecule has 0 saturated carbocycles. The maximum Gasteiger partial charge on any atom is 0.306 e. The summed E-state index contributed by atoms with van der Waals surface area (Å²) >= 11 is 0. The molecule has 5 heteroatoms. The van der Waals surface area contributed by atoms with Gasteiger partial charge in [-0.05, 0) is 24.1 Å². The number of carboxylic acids is 1. The minimum absolute atomic E-state index is 0.0781. The van der Waals surface area contributed by atoms with Crippen molar-refractivity contribution in [3.63, 3.8) is 0 Å². The van der Waals surface area contributed by atoms with E-state index < -0.39 is 12.1 Å². The highest BCUT2D eigenvalue weighted by molar-refractivity contribution is 5.92. The van der Waals surface area contributed by atoms with Crippen LogP contribution in [0.25, 0.3) is 6.08 Å². The molecule has 1 amide bonds. The summed E-state index contributed by atoms with van der Waals surface area (Å²) in [6.07, 6.45) is 2.82. The Labute approximate surface area is 123 Å². The van der Waals surface area contributed by atoms with E-state index in [2.05, 4.69) is 0 Å². The number of ether oxygens (including phenoxy) is 1. The standard InChI is InChI=1S/C16H19NO4/c1-12-4-2-3-5-13(12)6-7-15(18)17-8-9-21-14(11-17)10-16(19)20/h2-7,14H,8-11H2,1H3,(H,19,20)/b7-6+/t14-/m0/s1. The average Bonchev–Trinajstić information content (AvgIpc) is 2.45. The van der Waals surface area contributed by atoms with E-state index in [1.54, 1.807) is 11.0 Å². The van der Waals surface area contributed by atoms with Crippen molar-refractivity contribution in [1.82, 2.24) is 4.90 Å². The third-order valence-corrected chi connectivity index (χ3v) is 3.45.